The molecule has 3 rings (SSSR count). The highest BCUT2D eigenvalue weighted by Crippen LogP contribution is 2.39. The quantitative estimate of drug-likeness (QED) is 0.874. The first kappa shape index (κ1) is 13.6. The zero-order valence-electron chi connectivity index (χ0n) is 11.7. The first-order chi connectivity index (χ1) is 10.2. The van der Waals surface area contributed by atoms with Crippen molar-refractivity contribution < 1.29 is 9.53 Å². The monoisotopic (exact) mass is 299 g/mol. The van der Waals surface area contributed by atoms with E-state index in [1.165, 1.54) is 18.4 Å². The molecule has 1 unspecified atom stereocenters. The van der Waals surface area contributed by atoms with Crippen molar-refractivity contribution in [1.29, 1.82) is 5.26 Å². The third-order valence-corrected chi connectivity index (χ3v) is 4.41. The van der Waals surface area contributed by atoms with Crippen LogP contribution < -0.4 is 4.74 Å². The fourth-order valence-corrected chi connectivity index (χ4v) is 3.30. The average Bonchev–Trinajstić information content (AvgIpc) is 3.02. The molecule has 1 aliphatic heterocycles. The van der Waals surface area contributed by atoms with Crippen molar-refractivity contribution >= 4 is 17.2 Å². The van der Waals surface area contributed by atoms with Crippen LogP contribution in [0.1, 0.15) is 32.7 Å². The Labute approximate surface area is 126 Å². The number of benzene rings is 1. The molecule has 6 heteroatoms. The molecule has 1 aromatic carbocycles. The molecule has 0 aliphatic carbocycles. The number of thiazole rings is 1. The fourth-order valence-electron chi connectivity index (χ4n) is 2.53. The van der Waals surface area contributed by atoms with E-state index in [2.05, 4.69) is 11.1 Å². The van der Waals surface area contributed by atoms with Gasteiger partial charge >= 0.3 is 0 Å². The van der Waals surface area contributed by atoms with E-state index in [0.29, 0.717) is 23.4 Å². The summed E-state index contributed by atoms with van der Waals surface area (Å²) in [7, 11) is 1.52. The smallest absolute Gasteiger partial charge is 0.259 e. The normalized spacial score (nSPS) is 16.7. The summed E-state index contributed by atoms with van der Waals surface area (Å²) in [5.41, 5.74) is 2.11. The number of fused-ring (bicyclic) bond motifs is 1. The Morgan fingerprint density at radius 2 is 2.33 bits per heavy atom. The van der Waals surface area contributed by atoms with Gasteiger partial charge in [-0.2, -0.15) is 5.26 Å². The SMILES string of the molecule is COc1cccc2c1C(=O)N(Cc1nc(C)cs1)C2C#N. The number of rotatable bonds is 3. The molecule has 5 nitrogen and oxygen atoms in total. The summed E-state index contributed by atoms with van der Waals surface area (Å²) < 4.78 is 5.25. The Morgan fingerprint density at radius 1 is 1.52 bits per heavy atom. The predicted octanol–water partition coefficient (Wildman–Crippen LogP) is 2.68. The summed E-state index contributed by atoms with van der Waals surface area (Å²) in [4.78, 5) is 18.5. The van der Waals surface area contributed by atoms with Crippen LogP contribution in [0.25, 0.3) is 0 Å². The van der Waals surface area contributed by atoms with E-state index in [1.807, 2.05) is 12.3 Å². The largest absolute Gasteiger partial charge is 0.496 e. The van der Waals surface area contributed by atoms with Crippen LogP contribution in [0.3, 0.4) is 0 Å². The van der Waals surface area contributed by atoms with Crippen LogP contribution in [0.2, 0.25) is 0 Å². The van der Waals surface area contributed by atoms with E-state index < -0.39 is 6.04 Å². The second-order valence-corrected chi connectivity index (χ2v) is 5.71. The predicted molar refractivity (Wildman–Crippen MR) is 78.1 cm³/mol. The lowest BCUT2D eigenvalue weighted by Gasteiger charge is -2.18. The van der Waals surface area contributed by atoms with Crippen molar-refractivity contribution in [3.8, 4) is 11.8 Å². The number of hydrogen-bond acceptors (Lipinski definition) is 5. The minimum atomic E-state index is -0.591. The van der Waals surface area contributed by atoms with Gasteiger partial charge in [0.25, 0.3) is 5.91 Å². The van der Waals surface area contributed by atoms with Gasteiger partial charge in [0.2, 0.25) is 0 Å². The van der Waals surface area contributed by atoms with Crippen LogP contribution in [0.15, 0.2) is 23.6 Å². The number of aromatic nitrogens is 1. The lowest BCUT2D eigenvalue weighted by atomic mass is 10.0. The van der Waals surface area contributed by atoms with Gasteiger partial charge in [0.15, 0.2) is 0 Å². The van der Waals surface area contributed by atoms with Crippen molar-refractivity contribution in [2.24, 2.45) is 0 Å². The summed E-state index contributed by atoms with van der Waals surface area (Å²) in [6.45, 7) is 2.25. The van der Waals surface area contributed by atoms with E-state index in [9.17, 15) is 10.1 Å². The Hall–Kier alpha value is -2.39. The first-order valence-electron chi connectivity index (χ1n) is 6.44. The second-order valence-electron chi connectivity index (χ2n) is 4.77. The number of amides is 1. The van der Waals surface area contributed by atoms with Crippen molar-refractivity contribution in [2.75, 3.05) is 7.11 Å². The Bertz CT molecular complexity index is 748. The third kappa shape index (κ3) is 2.16. The Morgan fingerprint density at radius 3 is 2.95 bits per heavy atom. The summed E-state index contributed by atoms with van der Waals surface area (Å²) in [6, 6.07) is 6.95. The summed E-state index contributed by atoms with van der Waals surface area (Å²) in [5.74, 6) is 0.331. The van der Waals surface area contributed by atoms with Crippen LogP contribution in [0.5, 0.6) is 5.75 Å². The van der Waals surface area contributed by atoms with Gasteiger partial charge in [-0.25, -0.2) is 4.98 Å². The van der Waals surface area contributed by atoms with Crippen molar-refractivity contribution in [1.82, 2.24) is 9.88 Å². The van der Waals surface area contributed by atoms with E-state index >= 15 is 0 Å². The molecule has 0 saturated heterocycles. The van der Waals surface area contributed by atoms with Gasteiger partial charge in [0, 0.05) is 16.6 Å². The molecule has 2 heterocycles. The number of carbonyl (C=O) groups excluding carboxylic acids is 1. The van der Waals surface area contributed by atoms with Crippen LogP contribution in [-0.4, -0.2) is 22.9 Å². The van der Waals surface area contributed by atoms with Crippen LogP contribution in [0.4, 0.5) is 0 Å². The maximum atomic E-state index is 12.6. The number of hydrogen-bond donors (Lipinski definition) is 0. The van der Waals surface area contributed by atoms with Gasteiger partial charge in [0.05, 0.1) is 25.3 Å². The van der Waals surface area contributed by atoms with Crippen molar-refractivity contribution in [3.05, 3.63) is 45.4 Å². The topological polar surface area (TPSA) is 66.2 Å². The number of nitriles is 1. The lowest BCUT2D eigenvalue weighted by Crippen LogP contribution is -2.26. The zero-order chi connectivity index (χ0) is 15.0. The van der Waals surface area contributed by atoms with E-state index in [4.69, 9.17) is 4.74 Å². The minimum absolute atomic E-state index is 0.179. The maximum absolute atomic E-state index is 12.6. The third-order valence-electron chi connectivity index (χ3n) is 3.45. The maximum Gasteiger partial charge on any atom is 0.259 e. The van der Waals surface area contributed by atoms with Gasteiger partial charge in [-0.1, -0.05) is 12.1 Å². The van der Waals surface area contributed by atoms with Gasteiger partial charge in [0.1, 0.15) is 16.8 Å². The molecule has 0 bridgehead atoms. The average molecular weight is 299 g/mol. The molecule has 0 radical (unpaired) electrons. The molecule has 0 N–H and O–H groups in total. The molecule has 0 saturated carbocycles. The molecule has 1 atom stereocenters. The van der Waals surface area contributed by atoms with Gasteiger partial charge in [-0.3, -0.25) is 4.79 Å². The number of aryl methyl sites for hydroxylation is 1. The fraction of sp³-hybridized carbons (Fsp3) is 0.267. The molecule has 1 aromatic heterocycles. The molecule has 106 valence electrons. The number of methoxy groups -OCH3 is 1. The Kier molecular flexibility index (Phi) is 3.35. The van der Waals surface area contributed by atoms with E-state index in [-0.39, 0.29) is 5.91 Å². The molecule has 2 aromatic rings. The van der Waals surface area contributed by atoms with E-state index in [0.717, 1.165) is 10.7 Å². The number of ether oxygens (including phenoxy) is 1. The van der Waals surface area contributed by atoms with Gasteiger partial charge < -0.3 is 9.64 Å². The summed E-state index contributed by atoms with van der Waals surface area (Å²) in [6.07, 6.45) is 0. The molecule has 1 amide bonds. The Balaban J connectivity index is 2.00. The summed E-state index contributed by atoms with van der Waals surface area (Å²) in [5, 5.41) is 12.2. The highest BCUT2D eigenvalue weighted by molar-refractivity contribution is 7.09. The van der Waals surface area contributed by atoms with Crippen LogP contribution >= 0.6 is 11.3 Å². The first-order valence-corrected chi connectivity index (χ1v) is 7.32. The molecule has 0 spiro atoms. The van der Waals surface area contributed by atoms with Crippen LogP contribution in [-0.2, 0) is 6.54 Å². The van der Waals surface area contributed by atoms with Gasteiger partial charge in [-0.15, -0.1) is 11.3 Å². The zero-order valence-corrected chi connectivity index (χ0v) is 12.5. The highest BCUT2D eigenvalue weighted by atomic mass is 32.1. The molecule has 21 heavy (non-hydrogen) atoms. The lowest BCUT2D eigenvalue weighted by molar-refractivity contribution is 0.0742. The highest BCUT2D eigenvalue weighted by Gasteiger charge is 2.39. The molecule has 0 fully saturated rings. The van der Waals surface area contributed by atoms with Crippen LogP contribution in [0, 0.1) is 18.3 Å². The standard InChI is InChI=1S/C15H13N3O2S/c1-9-8-21-13(17-9)7-18-11(6-16)10-4-3-5-12(20-2)14(10)15(18)19/h3-5,8,11H,7H2,1-2H3. The minimum Gasteiger partial charge on any atom is -0.496 e. The number of nitrogens with zero attached hydrogens (tertiary/aromatic N) is 3. The van der Waals surface area contributed by atoms with Crippen molar-refractivity contribution in [3.63, 3.8) is 0 Å². The number of carbonyl (C=O) groups is 1. The second kappa shape index (κ2) is 5.19. The molecule has 1 aliphatic rings. The van der Waals surface area contributed by atoms with Gasteiger partial charge in [-0.05, 0) is 13.0 Å². The van der Waals surface area contributed by atoms with E-state index in [1.54, 1.807) is 23.1 Å². The molecular formula is C15H13N3O2S. The summed E-state index contributed by atoms with van der Waals surface area (Å²) >= 11 is 1.49. The molecular weight excluding hydrogens is 286 g/mol. The van der Waals surface area contributed by atoms with Crippen molar-refractivity contribution in [2.45, 2.75) is 19.5 Å².